The maximum atomic E-state index is 5.64. The van der Waals surface area contributed by atoms with Crippen molar-refractivity contribution in [1.82, 2.24) is 20.2 Å². The van der Waals surface area contributed by atoms with E-state index in [1.54, 1.807) is 29.3 Å². The molecule has 6 nitrogen and oxygen atoms in total. The molecular weight excluding hydrogens is 410 g/mol. The van der Waals surface area contributed by atoms with Crippen molar-refractivity contribution in [1.29, 1.82) is 0 Å². The highest BCUT2D eigenvalue weighted by Gasteiger charge is 2.10. The Morgan fingerprint density at radius 3 is 2.86 bits per heavy atom. The second kappa shape index (κ2) is 9.13. The molecule has 0 saturated heterocycles. The van der Waals surface area contributed by atoms with Gasteiger partial charge in [0, 0.05) is 17.3 Å². The molecule has 0 radical (unpaired) electrons. The summed E-state index contributed by atoms with van der Waals surface area (Å²) < 4.78 is 6.53. The van der Waals surface area contributed by atoms with E-state index in [1.165, 1.54) is 11.3 Å². The third-order valence-corrected chi connectivity index (χ3v) is 6.53. The molecule has 0 amide bonds. The number of hydrogen-bond donors (Lipinski definition) is 1. The maximum Gasteiger partial charge on any atom is 0.210 e. The van der Waals surface area contributed by atoms with Crippen LogP contribution in [0.4, 0.5) is 10.8 Å². The highest BCUT2D eigenvalue weighted by Crippen LogP contribution is 2.33. The molecule has 0 spiro atoms. The van der Waals surface area contributed by atoms with Gasteiger partial charge in [0.25, 0.3) is 0 Å². The first kappa shape index (κ1) is 18.9. The molecule has 0 fully saturated rings. The van der Waals surface area contributed by atoms with Crippen LogP contribution in [0.3, 0.4) is 0 Å². The zero-order valence-electron chi connectivity index (χ0n) is 15.0. The zero-order chi connectivity index (χ0) is 19.2. The van der Waals surface area contributed by atoms with E-state index in [-0.39, 0.29) is 0 Å². The predicted octanol–water partition coefficient (Wildman–Crippen LogP) is 5.49. The van der Waals surface area contributed by atoms with Crippen LogP contribution in [-0.4, -0.2) is 26.8 Å². The maximum absolute atomic E-state index is 5.64. The van der Waals surface area contributed by atoms with Gasteiger partial charge in [0.2, 0.25) is 5.13 Å². The molecule has 142 valence electrons. The SMILES string of the molecule is CCOc1ccccc1Nc1nnc(SCc2csc(-c3ccccn3)n2)s1. The first-order valence-electron chi connectivity index (χ1n) is 8.63. The van der Waals surface area contributed by atoms with Crippen molar-refractivity contribution >= 4 is 45.3 Å². The molecule has 0 unspecified atom stereocenters. The molecular formula is C19H17N5OS3. The summed E-state index contributed by atoms with van der Waals surface area (Å²) in [5, 5.41) is 15.5. The number of ether oxygens (including phenoxy) is 1. The van der Waals surface area contributed by atoms with Gasteiger partial charge < -0.3 is 10.1 Å². The van der Waals surface area contributed by atoms with Crippen LogP contribution in [0.5, 0.6) is 5.75 Å². The molecule has 0 aliphatic carbocycles. The molecule has 1 N–H and O–H groups in total. The molecule has 9 heteroatoms. The van der Waals surface area contributed by atoms with Gasteiger partial charge in [0.1, 0.15) is 10.8 Å². The molecule has 3 heterocycles. The molecule has 0 saturated carbocycles. The Balaban J connectivity index is 1.37. The molecule has 3 aromatic heterocycles. The summed E-state index contributed by atoms with van der Waals surface area (Å²) >= 11 is 4.74. The van der Waals surface area contributed by atoms with Gasteiger partial charge in [-0.2, -0.15) is 0 Å². The lowest BCUT2D eigenvalue weighted by Gasteiger charge is -2.09. The van der Waals surface area contributed by atoms with Crippen LogP contribution < -0.4 is 10.1 Å². The quantitative estimate of drug-likeness (QED) is 0.373. The van der Waals surface area contributed by atoms with Crippen LogP contribution in [0.25, 0.3) is 10.7 Å². The first-order chi connectivity index (χ1) is 13.8. The third kappa shape index (κ3) is 4.67. The highest BCUT2D eigenvalue weighted by molar-refractivity contribution is 8.00. The summed E-state index contributed by atoms with van der Waals surface area (Å²) in [6, 6.07) is 13.7. The average molecular weight is 428 g/mol. The van der Waals surface area contributed by atoms with Gasteiger partial charge in [-0.25, -0.2) is 4.98 Å². The highest BCUT2D eigenvalue weighted by atomic mass is 32.2. The molecule has 28 heavy (non-hydrogen) atoms. The largest absolute Gasteiger partial charge is 0.492 e. The standard InChI is InChI=1S/C19H17N5OS3/c1-2-25-16-9-4-3-7-14(16)22-18-23-24-19(28-18)27-12-13-11-26-17(21-13)15-8-5-6-10-20-15/h3-11H,2,12H2,1H3,(H,22,23). The fourth-order valence-electron chi connectivity index (χ4n) is 2.40. The zero-order valence-corrected chi connectivity index (χ0v) is 17.5. The smallest absolute Gasteiger partial charge is 0.210 e. The van der Waals surface area contributed by atoms with E-state index in [1.807, 2.05) is 49.4 Å². The predicted molar refractivity (Wildman–Crippen MR) is 116 cm³/mol. The number of benzene rings is 1. The van der Waals surface area contributed by atoms with Crippen molar-refractivity contribution in [2.45, 2.75) is 17.0 Å². The minimum atomic E-state index is 0.615. The number of nitrogens with one attached hydrogen (secondary N) is 1. The molecule has 1 aromatic carbocycles. The summed E-state index contributed by atoms with van der Waals surface area (Å²) in [5.41, 5.74) is 2.80. The first-order valence-corrected chi connectivity index (χ1v) is 11.3. The Bertz CT molecular complexity index is 1030. The minimum Gasteiger partial charge on any atom is -0.492 e. The number of hydrogen-bond acceptors (Lipinski definition) is 9. The van der Waals surface area contributed by atoms with Crippen molar-refractivity contribution in [2.75, 3.05) is 11.9 Å². The molecule has 0 atom stereocenters. The van der Waals surface area contributed by atoms with Crippen LogP contribution >= 0.6 is 34.4 Å². The molecule has 0 aliphatic rings. The van der Waals surface area contributed by atoms with E-state index in [0.29, 0.717) is 6.61 Å². The van der Waals surface area contributed by atoms with E-state index >= 15 is 0 Å². The van der Waals surface area contributed by atoms with Crippen molar-refractivity contribution in [3.63, 3.8) is 0 Å². The van der Waals surface area contributed by atoms with E-state index in [2.05, 4.69) is 30.9 Å². The van der Waals surface area contributed by atoms with Gasteiger partial charge in [-0.3, -0.25) is 4.98 Å². The minimum absolute atomic E-state index is 0.615. The summed E-state index contributed by atoms with van der Waals surface area (Å²) in [4.78, 5) is 9.01. The number of nitrogens with zero attached hydrogens (tertiary/aromatic N) is 4. The van der Waals surface area contributed by atoms with Crippen LogP contribution in [0.1, 0.15) is 12.6 Å². The van der Waals surface area contributed by atoms with Crippen LogP contribution in [-0.2, 0) is 5.75 Å². The second-order valence-electron chi connectivity index (χ2n) is 5.57. The van der Waals surface area contributed by atoms with Crippen LogP contribution in [0, 0.1) is 0 Å². The number of thioether (sulfide) groups is 1. The van der Waals surface area contributed by atoms with E-state index < -0.39 is 0 Å². The number of pyridine rings is 1. The van der Waals surface area contributed by atoms with E-state index in [0.717, 1.165) is 43.1 Å². The number of anilines is 2. The van der Waals surface area contributed by atoms with Crippen LogP contribution in [0.2, 0.25) is 0 Å². The molecule has 4 aromatic rings. The molecule has 4 rings (SSSR count). The Labute approximate surface area is 175 Å². The van der Waals surface area contributed by atoms with Crippen molar-refractivity contribution in [3.05, 3.63) is 59.7 Å². The van der Waals surface area contributed by atoms with Gasteiger partial charge in [-0.1, -0.05) is 41.3 Å². The summed E-state index contributed by atoms with van der Waals surface area (Å²) in [6.45, 7) is 2.58. The Hall–Kier alpha value is -2.49. The molecule has 0 aliphatic heterocycles. The van der Waals surface area contributed by atoms with E-state index in [9.17, 15) is 0 Å². The topological polar surface area (TPSA) is 72.8 Å². The lowest BCUT2D eigenvalue weighted by molar-refractivity contribution is 0.342. The van der Waals surface area contributed by atoms with Gasteiger partial charge in [-0.05, 0) is 31.2 Å². The average Bonchev–Trinajstić information content (AvgIpc) is 3.38. The Kier molecular flexibility index (Phi) is 6.15. The van der Waals surface area contributed by atoms with Crippen molar-refractivity contribution in [2.24, 2.45) is 0 Å². The number of aromatic nitrogens is 4. The van der Waals surface area contributed by atoms with E-state index in [4.69, 9.17) is 4.74 Å². The lowest BCUT2D eigenvalue weighted by atomic mass is 10.3. The van der Waals surface area contributed by atoms with Crippen molar-refractivity contribution < 1.29 is 4.74 Å². The summed E-state index contributed by atoms with van der Waals surface area (Å²) in [5.74, 6) is 1.55. The van der Waals surface area contributed by atoms with Crippen molar-refractivity contribution in [3.8, 4) is 16.5 Å². The second-order valence-corrected chi connectivity index (χ2v) is 8.63. The van der Waals surface area contributed by atoms with Gasteiger partial charge in [0.05, 0.1) is 23.7 Å². The van der Waals surface area contributed by atoms with Gasteiger partial charge in [-0.15, -0.1) is 21.5 Å². The normalized spacial score (nSPS) is 10.8. The van der Waals surface area contributed by atoms with Gasteiger partial charge in [0.15, 0.2) is 4.34 Å². The number of thiazole rings is 1. The number of para-hydroxylation sites is 2. The summed E-state index contributed by atoms with van der Waals surface area (Å²) in [7, 11) is 0. The third-order valence-electron chi connectivity index (χ3n) is 3.61. The summed E-state index contributed by atoms with van der Waals surface area (Å²) in [6.07, 6.45) is 1.78. The fourth-order valence-corrected chi connectivity index (χ4v) is 4.96. The number of rotatable bonds is 8. The fraction of sp³-hybridized carbons (Fsp3) is 0.158. The van der Waals surface area contributed by atoms with Crippen LogP contribution in [0.15, 0.2) is 58.4 Å². The monoisotopic (exact) mass is 427 g/mol. The lowest BCUT2D eigenvalue weighted by Crippen LogP contribution is -1.97. The van der Waals surface area contributed by atoms with Gasteiger partial charge >= 0.3 is 0 Å². The Morgan fingerprint density at radius 1 is 1.11 bits per heavy atom. The molecule has 0 bridgehead atoms. The Morgan fingerprint density at radius 2 is 2.00 bits per heavy atom.